The topological polar surface area (TPSA) is 129 Å². The molecule has 2 rings (SSSR count). The van der Waals surface area contributed by atoms with E-state index in [1.54, 1.807) is 0 Å². The summed E-state index contributed by atoms with van der Waals surface area (Å²) in [5, 5.41) is 10.7. The second kappa shape index (κ2) is 4.25. The van der Waals surface area contributed by atoms with Gasteiger partial charge in [-0.3, -0.25) is 9.40 Å². The monoisotopic (exact) mass is 275 g/mol. The molecule has 0 atom stereocenters. The highest BCUT2D eigenvalue weighted by atomic mass is 32.2. The van der Waals surface area contributed by atoms with Crippen molar-refractivity contribution in [2.24, 2.45) is 0 Å². The molecule has 17 heavy (non-hydrogen) atoms. The van der Waals surface area contributed by atoms with Crippen LogP contribution in [0.3, 0.4) is 0 Å². The van der Waals surface area contributed by atoms with Crippen LogP contribution in [0, 0.1) is 0 Å². The second-order valence-electron chi connectivity index (χ2n) is 3.01. The molecule has 2 aromatic heterocycles. The van der Waals surface area contributed by atoms with Gasteiger partial charge in [-0.2, -0.15) is 5.10 Å². The summed E-state index contributed by atoms with van der Waals surface area (Å²) >= 11 is 0.832. The Balaban J connectivity index is 2.34. The number of anilines is 2. The molecule has 0 fully saturated rings. The van der Waals surface area contributed by atoms with Crippen LogP contribution in [0.2, 0.25) is 0 Å². The van der Waals surface area contributed by atoms with E-state index in [4.69, 9.17) is 5.73 Å². The number of nitrogens with one attached hydrogen (secondary N) is 1. The molecule has 2 aromatic rings. The van der Waals surface area contributed by atoms with Crippen molar-refractivity contribution >= 4 is 32.5 Å². The molecule has 11 heteroatoms. The van der Waals surface area contributed by atoms with Crippen molar-refractivity contribution in [2.75, 3.05) is 10.5 Å². The van der Waals surface area contributed by atoms with Gasteiger partial charge in [0.05, 0.1) is 0 Å². The van der Waals surface area contributed by atoms with Gasteiger partial charge in [0, 0.05) is 24.3 Å². The summed E-state index contributed by atoms with van der Waals surface area (Å²) < 4.78 is 30.9. The molecule has 0 unspecified atom stereocenters. The van der Waals surface area contributed by atoms with E-state index in [-0.39, 0.29) is 15.8 Å². The molecule has 0 radical (unpaired) electrons. The molecule has 3 N–H and O–H groups in total. The Labute approximate surface area is 101 Å². The number of sulfonamides is 1. The van der Waals surface area contributed by atoms with Crippen molar-refractivity contribution in [1.29, 1.82) is 0 Å². The lowest BCUT2D eigenvalue weighted by molar-refractivity contribution is 0.600. The molecule has 0 aromatic carbocycles. The van der Waals surface area contributed by atoms with Crippen LogP contribution in [-0.4, -0.2) is 33.0 Å². The Morgan fingerprint density at radius 3 is 2.88 bits per heavy atom. The van der Waals surface area contributed by atoms with Crippen LogP contribution in [0.5, 0.6) is 0 Å². The number of aryl methyl sites for hydroxylation is 1. The molecule has 0 saturated carbocycles. The Bertz CT molecular complexity index is 602. The standard InChI is InChI=1S/C6H9N7O2S2/c1-2-13-3-4(5(7)9-13)17(14,15)10-6-8-11-12-16-6/h3H,2H2,1H3,(H2,7,9)(H,8,10,12). The third kappa shape index (κ3) is 2.34. The van der Waals surface area contributed by atoms with Gasteiger partial charge in [0.25, 0.3) is 10.0 Å². The van der Waals surface area contributed by atoms with Crippen LogP contribution in [0.15, 0.2) is 11.1 Å². The van der Waals surface area contributed by atoms with Crippen molar-refractivity contribution in [3.8, 4) is 0 Å². The van der Waals surface area contributed by atoms with Gasteiger partial charge in [-0.25, -0.2) is 8.42 Å². The molecule has 0 amide bonds. The first-order chi connectivity index (χ1) is 8.03. The van der Waals surface area contributed by atoms with E-state index >= 15 is 0 Å². The molecule has 0 aliphatic heterocycles. The van der Waals surface area contributed by atoms with Gasteiger partial charge >= 0.3 is 0 Å². The molecule has 2 heterocycles. The van der Waals surface area contributed by atoms with Crippen LogP contribution >= 0.6 is 11.5 Å². The summed E-state index contributed by atoms with van der Waals surface area (Å²) in [7, 11) is -3.79. The Hall–Kier alpha value is -1.75. The number of aromatic nitrogens is 5. The summed E-state index contributed by atoms with van der Waals surface area (Å²) in [5.74, 6) is -0.0585. The molecule has 0 bridgehead atoms. The predicted octanol–water partition coefficient (Wildman–Crippen LogP) is -0.468. The van der Waals surface area contributed by atoms with Gasteiger partial charge in [0.1, 0.15) is 4.90 Å². The van der Waals surface area contributed by atoms with E-state index in [0.717, 1.165) is 11.5 Å². The molecule has 0 saturated heterocycles. The van der Waals surface area contributed by atoms with E-state index < -0.39 is 10.0 Å². The summed E-state index contributed by atoms with van der Waals surface area (Å²) in [4.78, 5) is -0.0884. The zero-order chi connectivity index (χ0) is 12.5. The van der Waals surface area contributed by atoms with E-state index in [2.05, 4.69) is 24.6 Å². The van der Waals surface area contributed by atoms with Crippen molar-refractivity contribution in [2.45, 2.75) is 18.4 Å². The highest BCUT2D eigenvalue weighted by Gasteiger charge is 2.22. The van der Waals surface area contributed by atoms with Crippen LogP contribution < -0.4 is 10.5 Å². The van der Waals surface area contributed by atoms with E-state index in [1.807, 2.05) is 6.92 Å². The van der Waals surface area contributed by atoms with Gasteiger partial charge in [-0.05, 0) is 12.1 Å². The average molecular weight is 275 g/mol. The first kappa shape index (κ1) is 11.7. The number of hydrogen-bond acceptors (Lipinski definition) is 8. The molecule has 9 nitrogen and oxygen atoms in total. The van der Waals surface area contributed by atoms with Crippen molar-refractivity contribution < 1.29 is 8.42 Å². The molecule has 0 spiro atoms. The lowest BCUT2D eigenvalue weighted by Crippen LogP contribution is -2.13. The van der Waals surface area contributed by atoms with Crippen LogP contribution in [-0.2, 0) is 16.6 Å². The Morgan fingerprint density at radius 2 is 2.35 bits per heavy atom. The number of nitrogens with two attached hydrogens (primary N) is 1. The Morgan fingerprint density at radius 1 is 1.59 bits per heavy atom. The minimum absolute atomic E-state index is 0.0585. The zero-order valence-corrected chi connectivity index (χ0v) is 10.4. The maximum atomic E-state index is 11.9. The highest BCUT2D eigenvalue weighted by Crippen LogP contribution is 2.20. The fraction of sp³-hybridized carbons (Fsp3) is 0.333. The average Bonchev–Trinajstić information content (AvgIpc) is 2.86. The fourth-order valence-electron chi connectivity index (χ4n) is 1.13. The first-order valence-corrected chi connectivity index (χ1v) is 6.79. The third-order valence-corrected chi connectivity index (χ3v) is 3.89. The van der Waals surface area contributed by atoms with Crippen LogP contribution in [0.4, 0.5) is 10.9 Å². The molecule has 92 valence electrons. The number of nitrogens with zero attached hydrogens (tertiary/aromatic N) is 5. The number of hydrogen-bond donors (Lipinski definition) is 2. The van der Waals surface area contributed by atoms with Crippen molar-refractivity contribution in [1.82, 2.24) is 24.6 Å². The normalized spacial score (nSPS) is 11.6. The first-order valence-electron chi connectivity index (χ1n) is 4.53. The maximum absolute atomic E-state index is 11.9. The van der Waals surface area contributed by atoms with Crippen molar-refractivity contribution in [3.63, 3.8) is 0 Å². The summed E-state index contributed by atoms with van der Waals surface area (Å²) in [6.07, 6.45) is 1.35. The van der Waals surface area contributed by atoms with Crippen molar-refractivity contribution in [3.05, 3.63) is 6.20 Å². The minimum Gasteiger partial charge on any atom is -0.381 e. The summed E-state index contributed by atoms with van der Waals surface area (Å²) in [6, 6.07) is 0. The predicted molar refractivity (Wildman–Crippen MR) is 60.8 cm³/mol. The largest absolute Gasteiger partial charge is 0.381 e. The van der Waals surface area contributed by atoms with E-state index in [0.29, 0.717) is 6.54 Å². The molecular weight excluding hydrogens is 266 g/mol. The van der Waals surface area contributed by atoms with E-state index in [1.165, 1.54) is 10.9 Å². The van der Waals surface area contributed by atoms with Gasteiger partial charge in [-0.1, -0.05) is 9.59 Å². The lowest BCUT2D eigenvalue weighted by Gasteiger charge is -2.01. The molecule has 0 aliphatic carbocycles. The maximum Gasteiger partial charge on any atom is 0.269 e. The smallest absolute Gasteiger partial charge is 0.269 e. The molecular formula is C6H9N7O2S2. The van der Waals surface area contributed by atoms with E-state index in [9.17, 15) is 8.42 Å². The third-order valence-electron chi connectivity index (χ3n) is 1.89. The minimum atomic E-state index is -3.79. The fourth-order valence-corrected chi connectivity index (χ4v) is 2.79. The van der Waals surface area contributed by atoms with Gasteiger partial charge in [0.15, 0.2) is 5.82 Å². The van der Waals surface area contributed by atoms with Crippen LogP contribution in [0.1, 0.15) is 6.92 Å². The second-order valence-corrected chi connectivity index (χ2v) is 5.39. The lowest BCUT2D eigenvalue weighted by atomic mass is 10.6. The van der Waals surface area contributed by atoms with Gasteiger partial charge in [-0.15, -0.1) is 0 Å². The number of rotatable bonds is 4. The highest BCUT2D eigenvalue weighted by molar-refractivity contribution is 7.93. The Kier molecular flexibility index (Phi) is 2.93. The SMILES string of the molecule is CCn1cc(S(=O)(=O)Nc2nnns2)c(N)n1. The quantitative estimate of drug-likeness (QED) is 0.771. The number of nitrogen functional groups attached to an aromatic ring is 1. The summed E-state index contributed by atoms with van der Waals surface area (Å²) in [5.41, 5.74) is 5.53. The van der Waals surface area contributed by atoms with Gasteiger partial charge in [0.2, 0.25) is 5.13 Å². The summed E-state index contributed by atoms with van der Waals surface area (Å²) in [6.45, 7) is 2.35. The van der Waals surface area contributed by atoms with Crippen LogP contribution in [0.25, 0.3) is 0 Å². The zero-order valence-electron chi connectivity index (χ0n) is 8.73. The molecule has 0 aliphatic rings. The van der Waals surface area contributed by atoms with Gasteiger partial charge < -0.3 is 5.73 Å².